The van der Waals surface area contributed by atoms with Gasteiger partial charge in [0.25, 0.3) is 0 Å². The highest BCUT2D eigenvalue weighted by Gasteiger charge is 1.98. The summed E-state index contributed by atoms with van der Waals surface area (Å²) in [5.41, 5.74) is 5.34. The van der Waals surface area contributed by atoms with Gasteiger partial charge in [-0.15, -0.1) is 0 Å². The normalized spacial score (nSPS) is 10.9. The monoisotopic (exact) mass is 540 g/mol. The summed E-state index contributed by atoms with van der Waals surface area (Å²) in [5.74, 6) is -0.649. The summed E-state index contributed by atoms with van der Waals surface area (Å²) >= 11 is 0. The zero-order valence-corrected chi connectivity index (χ0v) is 26.6. The molecule has 3 heteroatoms. The molecule has 3 N–H and O–H groups in total. The van der Waals surface area contributed by atoms with Gasteiger partial charge >= 0.3 is 5.97 Å². The molecular weight excluding hydrogens is 466 g/mol. The molecule has 0 aromatic rings. The van der Waals surface area contributed by atoms with E-state index in [2.05, 4.69) is 13.8 Å². The number of carboxylic acids is 1. The first-order valence-corrected chi connectivity index (χ1v) is 17.6. The van der Waals surface area contributed by atoms with Crippen LogP contribution >= 0.6 is 0 Å². The molecule has 0 atom stereocenters. The van der Waals surface area contributed by atoms with Crippen molar-refractivity contribution in [1.82, 2.24) is 0 Å². The summed E-state index contributed by atoms with van der Waals surface area (Å²) in [6, 6.07) is 0. The molecule has 0 saturated carbocycles. The Morgan fingerprint density at radius 3 is 0.816 bits per heavy atom. The van der Waals surface area contributed by atoms with Crippen molar-refractivity contribution in [3.8, 4) is 0 Å². The second kappa shape index (κ2) is 38.6. The first-order chi connectivity index (χ1) is 18.7. The molecule has 0 fully saturated rings. The molecule has 38 heavy (non-hydrogen) atoms. The molecule has 0 unspecified atom stereocenters. The number of carboxylic acid groups (broad SMARTS) is 1. The van der Waals surface area contributed by atoms with E-state index in [1.807, 2.05) is 0 Å². The van der Waals surface area contributed by atoms with Gasteiger partial charge in [0.2, 0.25) is 0 Å². The van der Waals surface area contributed by atoms with Crippen LogP contribution in [0.15, 0.2) is 0 Å². The van der Waals surface area contributed by atoms with Gasteiger partial charge in [0.1, 0.15) is 0 Å². The van der Waals surface area contributed by atoms with Crippen LogP contribution < -0.4 is 5.73 Å². The Bertz CT molecular complexity index is 407. The van der Waals surface area contributed by atoms with Gasteiger partial charge < -0.3 is 10.8 Å². The molecule has 0 aliphatic heterocycles. The number of hydrogen-bond acceptors (Lipinski definition) is 2. The Labute approximate surface area is 240 Å². The van der Waals surface area contributed by atoms with Gasteiger partial charge in [0.05, 0.1) is 0 Å². The van der Waals surface area contributed by atoms with Crippen LogP contribution in [0.1, 0.15) is 213 Å². The Hall–Kier alpha value is -0.570. The minimum absolute atomic E-state index is 0.346. The number of carbonyl (C=O) groups is 1. The van der Waals surface area contributed by atoms with Crippen molar-refractivity contribution >= 4 is 5.97 Å². The van der Waals surface area contributed by atoms with Crippen molar-refractivity contribution in [3.63, 3.8) is 0 Å². The molecular formula is C35H73NO2. The fourth-order valence-electron chi connectivity index (χ4n) is 5.16. The van der Waals surface area contributed by atoms with Crippen molar-refractivity contribution in [2.45, 2.75) is 213 Å². The lowest BCUT2D eigenvalue weighted by molar-refractivity contribution is -0.137. The van der Waals surface area contributed by atoms with E-state index in [9.17, 15) is 4.79 Å². The highest BCUT2D eigenvalue weighted by atomic mass is 16.4. The molecule has 0 spiro atoms. The largest absolute Gasteiger partial charge is 0.481 e. The number of unbranched alkanes of at least 4 members (excludes halogenated alkanes) is 28. The average molecular weight is 540 g/mol. The van der Waals surface area contributed by atoms with Crippen LogP contribution in [0.5, 0.6) is 0 Å². The lowest BCUT2D eigenvalue weighted by Gasteiger charge is -2.04. The van der Waals surface area contributed by atoms with E-state index < -0.39 is 5.97 Å². The first kappa shape index (κ1) is 39.6. The smallest absolute Gasteiger partial charge is 0.303 e. The summed E-state index contributed by atoms with van der Waals surface area (Å²) in [7, 11) is 0. The Kier molecular flexibility index (Phi) is 40.2. The van der Waals surface area contributed by atoms with Gasteiger partial charge in [-0.25, -0.2) is 0 Å². The van der Waals surface area contributed by atoms with E-state index in [1.54, 1.807) is 0 Å². The number of aliphatic carboxylic acids is 1. The fraction of sp³-hybridized carbons (Fsp3) is 0.971. The fourth-order valence-corrected chi connectivity index (χ4v) is 5.16. The number of hydrogen-bond donors (Lipinski definition) is 2. The molecule has 0 aliphatic rings. The molecule has 0 amide bonds. The predicted molar refractivity (Wildman–Crippen MR) is 171 cm³/mol. The SMILES string of the molecule is CCCCCCCCCCCCCCCCCCCCCCCCCCC(=O)O.CCCCCCCCN. The molecule has 0 aromatic carbocycles. The van der Waals surface area contributed by atoms with E-state index in [0.29, 0.717) is 6.42 Å². The molecule has 0 heterocycles. The topological polar surface area (TPSA) is 63.3 Å². The van der Waals surface area contributed by atoms with Crippen molar-refractivity contribution in [3.05, 3.63) is 0 Å². The minimum Gasteiger partial charge on any atom is -0.481 e. The third-order valence-corrected chi connectivity index (χ3v) is 7.80. The molecule has 0 aliphatic carbocycles. The maximum Gasteiger partial charge on any atom is 0.303 e. The Morgan fingerprint density at radius 2 is 0.605 bits per heavy atom. The third kappa shape index (κ3) is 42.5. The lowest BCUT2D eigenvalue weighted by atomic mass is 10.0. The zero-order chi connectivity index (χ0) is 28.2. The van der Waals surface area contributed by atoms with Gasteiger partial charge in [-0.2, -0.15) is 0 Å². The third-order valence-electron chi connectivity index (χ3n) is 7.80. The molecule has 230 valence electrons. The van der Waals surface area contributed by atoms with Crippen molar-refractivity contribution < 1.29 is 9.90 Å². The van der Waals surface area contributed by atoms with Gasteiger partial charge in [0, 0.05) is 6.42 Å². The summed E-state index contributed by atoms with van der Waals surface area (Å²) in [4.78, 5) is 10.4. The van der Waals surface area contributed by atoms with Crippen LogP contribution in [0.2, 0.25) is 0 Å². The van der Waals surface area contributed by atoms with E-state index in [1.165, 1.54) is 180 Å². The first-order valence-electron chi connectivity index (χ1n) is 17.6. The standard InChI is InChI=1S/C27H54O2.C8H19N/c1-2-3-4-5-6-7-8-9-10-11-12-13-14-15-16-17-18-19-20-21-22-23-24-25-26-27(28)29;1-2-3-4-5-6-7-8-9/h2-26H2,1H3,(H,28,29);2-9H2,1H3. The van der Waals surface area contributed by atoms with Crippen LogP contribution in [0.3, 0.4) is 0 Å². The highest BCUT2D eigenvalue weighted by molar-refractivity contribution is 5.66. The Morgan fingerprint density at radius 1 is 0.395 bits per heavy atom. The van der Waals surface area contributed by atoms with Gasteiger partial charge in [0.15, 0.2) is 0 Å². The summed E-state index contributed by atoms with van der Waals surface area (Å²) in [6.07, 6.45) is 41.6. The second-order valence-electron chi connectivity index (χ2n) is 11.8. The van der Waals surface area contributed by atoms with Crippen molar-refractivity contribution in [2.75, 3.05) is 6.54 Å². The molecule has 0 saturated heterocycles. The zero-order valence-electron chi connectivity index (χ0n) is 26.6. The summed E-state index contributed by atoms with van der Waals surface area (Å²) in [5, 5.41) is 8.59. The predicted octanol–water partition coefficient (Wildman–Crippen LogP) is 12.1. The quantitative estimate of drug-likeness (QED) is 0.0861. The van der Waals surface area contributed by atoms with Gasteiger partial charge in [-0.05, 0) is 19.4 Å². The van der Waals surface area contributed by atoms with E-state index in [4.69, 9.17) is 10.8 Å². The van der Waals surface area contributed by atoms with Crippen LogP contribution in [0, 0.1) is 0 Å². The number of nitrogens with two attached hydrogens (primary N) is 1. The Balaban J connectivity index is 0. The molecule has 0 rings (SSSR count). The average Bonchev–Trinajstić information content (AvgIpc) is 2.91. The van der Waals surface area contributed by atoms with Crippen molar-refractivity contribution in [1.29, 1.82) is 0 Å². The number of rotatable bonds is 31. The van der Waals surface area contributed by atoms with Gasteiger partial charge in [-0.3, -0.25) is 4.79 Å². The molecule has 0 aromatic heterocycles. The van der Waals surface area contributed by atoms with Crippen LogP contribution in [-0.4, -0.2) is 17.6 Å². The maximum absolute atomic E-state index is 10.4. The van der Waals surface area contributed by atoms with Crippen LogP contribution in [0.25, 0.3) is 0 Å². The van der Waals surface area contributed by atoms with E-state index in [-0.39, 0.29) is 0 Å². The summed E-state index contributed by atoms with van der Waals surface area (Å²) in [6.45, 7) is 5.40. The highest BCUT2D eigenvalue weighted by Crippen LogP contribution is 2.15. The van der Waals surface area contributed by atoms with E-state index >= 15 is 0 Å². The lowest BCUT2D eigenvalue weighted by Crippen LogP contribution is -1.97. The second-order valence-corrected chi connectivity index (χ2v) is 11.8. The van der Waals surface area contributed by atoms with Crippen molar-refractivity contribution in [2.24, 2.45) is 5.73 Å². The minimum atomic E-state index is -0.649. The van der Waals surface area contributed by atoms with E-state index in [0.717, 1.165) is 19.4 Å². The maximum atomic E-state index is 10.4. The van der Waals surface area contributed by atoms with Gasteiger partial charge in [-0.1, -0.05) is 194 Å². The molecule has 3 nitrogen and oxygen atoms in total. The van der Waals surface area contributed by atoms with Crippen LogP contribution in [-0.2, 0) is 4.79 Å². The van der Waals surface area contributed by atoms with Crippen LogP contribution in [0.4, 0.5) is 0 Å². The molecule has 0 radical (unpaired) electrons. The molecule has 0 bridgehead atoms. The summed E-state index contributed by atoms with van der Waals surface area (Å²) < 4.78 is 0.